The summed E-state index contributed by atoms with van der Waals surface area (Å²) in [5, 5.41) is 16.9. The summed E-state index contributed by atoms with van der Waals surface area (Å²) >= 11 is 0. The summed E-state index contributed by atoms with van der Waals surface area (Å²) < 4.78 is 1.59. The number of amides is 1. The molecule has 1 heterocycles. The largest absolute Gasteiger partial charge is 0.393 e. The predicted molar refractivity (Wildman–Crippen MR) is 68.2 cm³/mol. The Labute approximate surface area is 107 Å². The van der Waals surface area contributed by atoms with E-state index in [1.165, 1.54) is 0 Å². The summed E-state index contributed by atoms with van der Waals surface area (Å²) in [6.45, 7) is 2.41. The van der Waals surface area contributed by atoms with E-state index in [2.05, 4.69) is 10.4 Å². The van der Waals surface area contributed by atoms with Crippen LogP contribution in [0.4, 0.5) is 0 Å². The summed E-state index contributed by atoms with van der Waals surface area (Å²) in [6, 6.07) is 1.77. The SMILES string of the molecule is Cc1cc(C(=O)NCC2CCCCC2O)n(C)n1. The van der Waals surface area contributed by atoms with Gasteiger partial charge in [-0.05, 0) is 25.8 Å². The minimum absolute atomic E-state index is 0.115. The first kappa shape index (κ1) is 13.1. The van der Waals surface area contributed by atoms with Gasteiger partial charge in [0.15, 0.2) is 0 Å². The summed E-state index contributed by atoms with van der Waals surface area (Å²) in [5.74, 6) is 0.0768. The van der Waals surface area contributed by atoms with Gasteiger partial charge in [-0.15, -0.1) is 0 Å². The van der Waals surface area contributed by atoms with Crippen LogP contribution in [0.25, 0.3) is 0 Å². The van der Waals surface area contributed by atoms with Gasteiger partial charge in [-0.2, -0.15) is 5.10 Å². The molecule has 5 heteroatoms. The number of hydrogen-bond acceptors (Lipinski definition) is 3. The van der Waals surface area contributed by atoms with E-state index < -0.39 is 0 Å². The maximum atomic E-state index is 12.0. The van der Waals surface area contributed by atoms with Gasteiger partial charge >= 0.3 is 0 Å². The Kier molecular flexibility index (Phi) is 4.01. The second kappa shape index (κ2) is 5.52. The lowest BCUT2D eigenvalue weighted by atomic mass is 9.86. The van der Waals surface area contributed by atoms with Gasteiger partial charge in [0, 0.05) is 19.5 Å². The Morgan fingerprint density at radius 2 is 2.28 bits per heavy atom. The summed E-state index contributed by atoms with van der Waals surface area (Å²) in [6.07, 6.45) is 3.80. The number of aryl methyl sites for hydroxylation is 2. The molecule has 1 aliphatic carbocycles. The van der Waals surface area contributed by atoms with Crippen molar-refractivity contribution >= 4 is 5.91 Å². The van der Waals surface area contributed by atoms with E-state index in [-0.39, 0.29) is 17.9 Å². The van der Waals surface area contributed by atoms with E-state index in [4.69, 9.17) is 0 Å². The number of aliphatic hydroxyl groups is 1. The minimum atomic E-state index is -0.271. The Morgan fingerprint density at radius 3 is 2.89 bits per heavy atom. The molecule has 0 spiro atoms. The standard InChI is InChI=1S/C13H21N3O2/c1-9-7-11(16(2)15-9)13(18)14-8-10-5-3-4-6-12(10)17/h7,10,12,17H,3-6,8H2,1-2H3,(H,14,18). The average molecular weight is 251 g/mol. The van der Waals surface area contributed by atoms with Crippen molar-refractivity contribution in [1.29, 1.82) is 0 Å². The molecule has 1 saturated carbocycles. The number of carbonyl (C=O) groups is 1. The molecule has 0 aliphatic heterocycles. The maximum Gasteiger partial charge on any atom is 0.269 e. The van der Waals surface area contributed by atoms with Crippen molar-refractivity contribution in [3.63, 3.8) is 0 Å². The number of rotatable bonds is 3. The molecule has 1 aliphatic rings. The van der Waals surface area contributed by atoms with Crippen LogP contribution in [0.5, 0.6) is 0 Å². The van der Waals surface area contributed by atoms with Crippen LogP contribution in [-0.4, -0.2) is 33.4 Å². The van der Waals surface area contributed by atoms with Crippen LogP contribution >= 0.6 is 0 Å². The van der Waals surface area contributed by atoms with Crippen LogP contribution < -0.4 is 5.32 Å². The zero-order valence-corrected chi connectivity index (χ0v) is 11.0. The second-order valence-corrected chi connectivity index (χ2v) is 5.12. The molecule has 2 N–H and O–H groups in total. The highest BCUT2D eigenvalue weighted by Gasteiger charge is 2.23. The molecule has 18 heavy (non-hydrogen) atoms. The molecule has 1 amide bonds. The van der Waals surface area contributed by atoms with Crippen molar-refractivity contribution in [3.8, 4) is 0 Å². The third kappa shape index (κ3) is 2.90. The smallest absolute Gasteiger partial charge is 0.269 e. The normalized spacial score (nSPS) is 23.9. The Bertz CT molecular complexity index is 428. The fourth-order valence-corrected chi connectivity index (χ4v) is 2.56. The van der Waals surface area contributed by atoms with Gasteiger partial charge in [0.2, 0.25) is 0 Å². The molecule has 2 rings (SSSR count). The molecule has 100 valence electrons. The highest BCUT2D eigenvalue weighted by Crippen LogP contribution is 2.23. The van der Waals surface area contributed by atoms with Crippen molar-refractivity contribution in [2.75, 3.05) is 6.54 Å². The number of aromatic nitrogens is 2. The van der Waals surface area contributed by atoms with Gasteiger partial charge in [-0.3, -0.25) is 9.48 Å². The van der Waals surface area contributed by atoms with Crippen LogP contribution in [0.1, 0.15) is 41.9 Å². The first-order valence-electron chi connectivity index (χ1n) is 6.55. The van der Waals surface area contributed by atoms with E-state index in [0.717, 1.165) is 31.4 Å². The highest BCUT2D eigenvalue weighted by molar-refractivity contribution is 5.92. The number of aliphatic hydroxyl groups excluding tert-OH is 1. The summed E-state index contributed by atoms with van der Waals surface area (Å²) in [4.78, 5) is 12.0. The maximum absolute atomic E-state index is 12.0. The lowest BCUT2D eigenvalue weighted by Crippen LogP contribution is -2.37. The molecule has 1 aromatic rings. The van der Waals surface area contributed by atoms with Gasteiger partial charge in [0.25, 0.3) is 5.91 Å². The van der Waals surface area contributed by atoms with E-state index in [0.29, 0.717) is 12.2 Å². The third-order valence-electron chi connectivity index (χ3n) is 3.63. The first-order valence-corrected chi connectivity index (χ1v) is 6.55. The molecule has 2 atom stereocenters. The van der Waals surface area contributed by atoms with Crippen molar-refractivity contribution in [1.82, 2.24) is 15.1 Å². The quantitative estimate of drug-likeness (QED) is 0.842. The molecule has 2 unspecified atom stereocenters. The number of nitrogens with one attached hydrogen (secondary N) is 1. The van der Waals surface area contributed by atoms with Crippen LogP contribution in [0.3, 0.4) is 0 Å². The van der Waals surface area contributed by atoms with Crippen molar-refractivity contribution in [3.05, 3.63) is 17.5 Å². The van der Waals surface area contributed by atoms with Gasteiger partial charge in [0.05, 0.1) is 11.8 Å². The Balaban J connectivity index is 1.90. The molecule has 0 aromatic carbocycles. The minimum Gasteiger partial charge on any atom is -0.393 e. The average Bonchev–Trinajstić information content (AvgIpc) is 2.67. The van der Waals surface area contributed by atoms with Crippen molar-refractivity contribution < 1.29 is 9.90 Å². The summed E-state index contributed by atoms with van der Waals surface area (Å²) in [7, 11) is 1.76. The molecule has 5 nitrogen and oxygen atoms in total. The molecule has 1 aromatic heterocycles. The molecular formula is C13H21N3O2. The van der Waals surface area contributed by atoms with E-state index >= 15 is 0 Å². The van der Waals surface area contributed by atoms with Gasteiger partial charge in [-0.1, -0.05) is 12.8 Å². The fourth-order valence-electron chi connectivity index (χ4n) is 2.56. The van der Waals surface area contributed by atoms with Crippen LogP contribution in [0.15, 0.2) is 6.07 Å². The third-order valence-corrected chi connectivity index (χ3v) is 3.63. The van der Waals surface area contributed by atoms with Crippen LogP contribution in [-0.2, 0) is 7.05 Å². The predicted octanol–water partition coefficient (Wildman–Crippen LogP) is 1.01. The topological polar surface area (TPSA) is 67.2 Å². The fraction of sp³-hybridized carbons (Fsp3) is 0.692. The van der Waals surface area contributed by atoms with E-state index in [1.54, 1.807) is 17.8 Å². The lowest BCUT2D eigenvalue weighted by Gasteiger charge is -2.27. The highest BCUT2D eigenvalue weighted by atomic mass is 16.3. The first-order chi connectivity index (χ1) is 8.58. The molecule has 0 radical (unpaired) electrons. The zero-order chi connectivity index (χ0) is 13.1. The lowest BCUT2D eigenvalue weighted by molar-refractivity contribution is 0.0660. The Hall–Kier alpha value is -1.36. The monoisotopic (exact) mass is 251 g/mol. The van der Waals surface area contributed by atoms with E-state index in [9.17, 15) is 9.90 Å². The van der Waals surface area contributed by atoms with Gasteiger partial charge in [-0.25, -0.2) is 0 Å². The zero-order valence-electron chi connectivity index (χ0n) is 11.0. The molecule has 0 bridgehead atoms. The van der Waals surface area contributed by atoms with Crippen LogP contribution in [0.2, 0.25) is 0 Å². The molecule has 1 fully saturated rings. The molecule has 0 saturated heterocycles. The number of nitrogens with zero attached hydrogens (tertiary/aromatic N) is 2. The number of carbonyl (C=O) groups excluding carboxylic acids is 1. The second-order valence-electron chi connectivity index (χ2n) is 5.12. The number of hydrogen-bond donors (Lipinski definition) is 2. The van der Waals surface area contributed by atoms with Crippen molar-refractivity contribution in [2.24, 2.45) is 13.0 Å². The summed E-state index contributed by atoms with van der Waals surface area (Å²) in [5.41, 5.74) is 1.40. The van der Waals surface area contributed by atoms with E-state index in [1.807, 2.05) is 6.92 Å². The molecular weight excluding hydrogens is 230 g/mol. The Morgan fingerprint density at radius 1 is 1.56 bits per heavy atom. The van der Waals surface area contributed by atoms with Gasteiger partial charge in [0.1, 0.15) is 5.69 Å². The van der Waals surface area contributed by atoms with Crippen LogP contribution in [0, 0.1) is 12.8 Å². The van der Waals surface area contributed by atoms with Crippen molar-refractivity contribution in [2.45, 2.75) is 38.7 Å². The van der Waals surface area contributed by atoms with Gasteiger partial charge < -0.3 is 10.4 Å².